The van der Waals surface area contributed by atoms with Crippen LogP contribution in [-0.4, -0.2) is 34.5 Å². The van der Waals surface area contributed by atoms with Crippen molar-refractivity contribution in [2.75, 3.05) is 6.54 Å². The second kappa shape index (κ2) is 3.83. The number of likely N-dealkylation sites (N-methyl/N-ethyl adjacent to an activating group) is 1. The summed E-state index contributed by atoms with van der Waals surface area (Å²) < 4.78 is 0. The summed E-state index contributed by atoms with van der Waals surface area (Å²) in [4.78, 5) is 23.9. The Kier molecular flexibility index (Phi) is 3.07. The normalized spacial score (nSPS) is 28.7. The van der Waals surface area contributed by atoms with E-state index in [9.17, 15) is 14.7 Å². The topological polar surface area (TPSA) is 57.6 Å². The number of hydrogen-bond acceptors (Lipinski definition) is 2. The van der Waals surface area contributed by atoms with Crippen molar-refractivity contribution >= 4 is 12.4 Å². The Morgan fingerprint density at radius 1 is 1.47 bits per heavy atom. The Hall–Kier alpha value is -1.06. The SMILES string of the molecule is CCN(C=O)C1(C(=O)O)CCCC1(C)C. The Morgan fingerprint density at radius 3 is 2.33 bits per heavy atom. The van der Waals surface area contributed by atoms with Gasteiger partial charge in [-0.2, -0.15) is 0 Å². The maximum atomic E-state index is 11.5. The highest BCUT2D eigenvalue weighted by Gasteiger charge is 2.57. The summed E-state index contributed by atoms with van der Waals surface area (Å²) in [6.07, 6.45) is 2.94. The number of carbonyl (C=O) groups is 2. The van der Waals surface area contributed by atoms with Crippen LogP contribution in [0.2, 0.25) is 0 Å². The molecule has 1 atom stereocenters. The number of amides is 1. The zero-order valence-corrected chi connectivity index (χ0v) is 9.62. The number of aliphatic carboxylic acids is 1. The first-order valence-electron chi connectivity index (χ1n) is 5.38. The smallest absolute Gasteiger partial charge is 0.330 e. The Labute approximate surface area is 90.3 Å². The molecular weight excluding hydrogens is 194 g/mol. The number of hydrogen-bond donors (Lipinski definition) is 1. The average Bonchev–Trinajstić information content (AvgIpc) is 2.45. The average molecular weight is 213 g/mol. The fourth-order valence-electron chi connectivity index (χ4n) is 2.82. The van der Waals surface area contributed by atoms with Crippen LogP contribution in [0.15, 0.2) is 0 Å². The minimum Gasteiger partial charge on any atom is -0.479 e. The van der Waals surface area contributed by atoms with E-state index in [1.165, 1.54) is 4.90 Å². The third-order valence-corrected chi connectivity index (χ3v) is 3.77. The van der Waals surface area contributed by atoms with E-state index in [0.29, 0.717) is 19.4 Å². The van der Waals surface area contributed by atoms with E-state index in [0.717, 1.165) is 12.8 Å². The highest BCUT2D eigenvalue weighted by Crippen LogP contribution is 2.49. The maximum Gasteiger partial charge on any atom is 0.330 e. The second-order valence-electron chi connectivity index (χ2n) is 4.79. The quantitative estimate of drug-likeness (QED) is 0.720. The van der Waals surface area contributed by atoms with Crippen molar-refractivity contribution < 1.29 is 14.7 Å². The van der Waals surface area contributed by atoms with Crippen molar-refractivity contribution in [3.63, 3.8) is 0 Å². The Balaban J connectivity index is 3.19. The molecule has 1 unspecified atom stereocenters. The molecule has 1 aliphatic carbocycles. The van der Waals surface area contributed by atoms with E-state index in [4.69, 9.17) is 0 Å². The number of carbonyl (C=O) groups excluding carboxylic acids is 1. The fraction of sp³-hybridized carbons (Fsp3) is 0.818. The monoisotopic (exact) mass is 213 g/mol. The van der Waals surface area contributed by atoms with Gasteiger partial charge in [-0.1, -0.05) is 13.8 Å². The van der Waals surface area contributed by atoms with Crippen molar-refractivity contribution in [1.82, 2.24) is 4.90 Å². The first-order valence-corrected chi connectivity index (χ1v) is 5.38. The summed E-state index contributed by atoms with van der Waals surface area (Å²) in [5.41, 5.74) is -1.36. The lowest BCUT2D eigenvalue weighted by atomic mass is 9.74. The number of carboxylic acid groups (broad SMARTS) is 1. The number of carboxylic acids is 1. The Morgan fingerprint density at radius 2 is 2.07 bits per heavy atom. The predicted molar refractivity (Wildman–Crippen MR) is 56.4 cm³/mol. The van der Waals surface area contributed by atoms with Gasteiger partial charge in [0.15, 0.2) is 0 Å². The summed E-state index contributed by atoms with van der Waals surface area (Å²) in [5.74, 6) is -0.876. The molecule has 15 heavy (non-hydrogen) atoms. The van der Waals surface area contributed by atoms with Gasteiger partial charge in [-0.15, -0.1) is 0 Å². The van der Waals surface area contributed by atoms with Crippen molar-refractivity contribution in [2.45, 2.75) is 45.6 Å². The standard InChI is InChI=1S/C11H19NO3/c1-4-12(8-13)11(9(14)15)7-5-6-10(11,2)3/h8H,4-7H2,1-3H3,(H,14,15). The van der Waals surface area contributed by atoms with Gasteiger partial charge in [-0.3, -0.25) is 4.79 Å². The van der Waals surface area contributed by atoms with Gasteiger partial charge in [-0.25, -0.2) is 4.79 Å². The Bertz CT molecular complexity index is 275. The van der Waals surface area contributed by atoms with Crippen LogP contribution in [-0.2, 0) is 9.59 Å². The molecule has 1 amide bonds. The molecule has 0 aromatic carbocycles. The highest BCUT2D eigenvalue weighted by molar-refractivity contribution is 5.83. The zero-order chi connectivity index (χ0) is 11.7. The van der Waals surface area contributed by atoms with Gasteiger partial charge >= 0.3 is 5.97 Å². The molecule has 0 aromatic heterocycles. The van der Waals surface area contributed by atoms with E-state index in [1.807, 2.05) is 20.8 Å². The summed E-state index contributed by atoms with van der Waals surface area (Å²) in [6.45, 7) is 6.12. The van der Waals surface area contributed by atoms with Crippen molar-refractivity contribution in [3.05, 3.63) is 0 Å². The maximum absolute atomic E-state index is 11.5. The molecule has 0 bridgehead atoms. The molecule has 1 saturated carbocycles. The van der Waals surface area contributed by atoms with Crippen molar-refractivity contribution in [3.8, 4) is 0 Å². The highest BCUT2D eigenvalue weighted by atomic mass is 16.4. The van der Waals surface area contributed by atoms with Crippen LogP contribution >= 0.6 is 0 Å². The van der Waals surface area contributed by atoms with Crippen molar-refractivity contribution in [2.24, 2.45) is 5.41 Å². The molecule has 1 N–H and O–H groups in total. The van der Waals surface area contributed by atoms with Gasteiger partial charge < -0.3 is 10.0 Å². The third kappa shape index (κ3) is 1.52. The van der Waals surface area contributed by atoms with Crippen LogP contribution in [0.1, 0.15) is 40.0 Å². The molecule has 1 rings (SSSR count). The van der Waals surface area contributed by atoms with Gasteiger partial charge in [0.25, 0.3) is 0 Å². The number of rotatable bonds is 4. The van der Waals surface area contributed by atoms with Crippen LogP contribution in [0.5, 0.6) is 0 Å². The van der Waals surface area contributed by atoms with Crippen LogP contribution in [0.25, 0.3) is 0 Å². The molecule has 1 fully saturated rings. The van der Waals surface area contributed by atoms with Crippen LogP contribution in [0, 0.1) is 5.41 Å². The minimum absolute atomic E-state index is 0.351. The summed E-state index contributed by atoms with van der Waals surface area (Å²) in [6, 6.07) is 0. The number of nitrogens with zero attached hydrogens (tertiary/aromatic N) is 1. The molecule has 0 spiro atoms. The van der Waals surface area contributed by atoms with Crippen LogP contribution < -0.4 is 0 Å². The van der Waals surface area contributed by atoms with E-state index in [-0.39, 0.29) is 5.41 Å². The van der Waals surface area contributed by atoms with Gasteiger partial charge in [0.2, 0.25) is 6.41 Å². The van der Waals surface area contributed by atoms with Gasteiger partial charge in [0.1, 0.15) is 5.54 Å². The molecule has 4 heteroatoms. The molecule has 0 aliphatic heterocycles. The lowest BCUT2D eigenvalue weighted by Crippen LogP contribution is -2.60. The van der Waals surface area contributed by atoms with E-state index >= 15 is 0 Å². The molecule has 0 aromatic rings. The fourth-order valence-corrected chi connectivity index (χ4v) is 2.82. The summed E-state index contributed by atoms with van der Waals surface area (Å²) in [5, 5.41) is 9.43. The summed E-state index contributed by atoms with van der Waals surface area (Å²) in [7, 11) is 0. The zero-order valence-electron chi connectivity index (χ0n) is 9.62. The molecule has 1 aliphatic rings. The van der Waals surface area contributed by atoms with E-state index < -0.39 is 11.5 Å². The lowest BCUT2D eigenvalue weighted by molar-refractivity contribution is -0.162. The summed E-state index contributed by atoms with van der Waals surface area (Å²) >= 11 is 0. The molecular formula is C11H19NO3. The lowest BCUT2D eigenvalue weighted by Gasteiger charge is -2.44. The predicted octanol–water partition coefficient (Wildman–Crippen LogP) is 1.50. The van der Waals surface area contributed by atoms with Crippen molar-refractivity contribution in [1.29, 1.82) is 0 Å². The largest absolute Gasteiger partial charge is 0.479 e. The molecule has 4 nitrogen and oxygen atoms in total. The molecule has 86 valence electrons. The molecule has 0 saturated heterocycles. The first-order chi connectivity index (χ1) is 6.92. The van der Waals surface area contributed by atoms with Crippen LogP contribution in [0.3, 0.4) is 0 Å². The second-order valence-corrected chi connectivity index (χ2v) is 4.79. The minimum atomic E-state index is -1.01. The van der Waals surface area contributed by atoms with Gasteiger partial charge in [-0.05, 0) is 31.6 Å². The first kappa shape index (κ1) is 12.0. The van der Waals surface area contributed by atoms with E-state index in [1.54, 1.807) is 0 Å². The third-order valence-electron chi connectivity index (χ3n) is 3.77. The van der Waals surface area contributed by atoms with Gasteiger partial charge in [0, 0.05) is 6.54 Å². The molecule has 0 radical (unpaired) electrons. The van der Waals surface area contributed by atoms with Gasteiger partial charge in [0.05, 0.1) is 0 Å². The molecule has 0 heterocycles. The van der Waals surface area contributed by atoms with Crippen LogP contribution in [0.4, 0.5) is 0 Å². The van der Waals surface area contributed by atoms with E-state index in [2.05, 4.69) is 0 Å².